The molecule has 2 aromatic carbocycles. The van der Waals surface area contributed by atoms with Gasteiger partial charge in [-0.1, -0.05) is 42.5 Å². The third-order valence-corrected chi connectivity index (χ3v) is 2.97. The summed E-state index contributed by atoms with van der Waals surface area (Å²) in [6, 6.07) is 16.0. The van der Waals surface area contributed by atoms with Crippen LogP contribution in [0.25, 0.3) is 0 Å². The maximum absolute atomic E-state index is 5.50. The molecule has 2 aromatic rings. The minimum atomic E-state index is 0.538. The summed E-state index contributed by atoms with van der Waals surface area (Å²) in [4.78, 5) is 0. The van der Waals surface area contributed by atoms with Gasteiger partial charge in [-0.15, -0.1) is 0 Å². The van der Waals surface area contributed by atoms with Gasteiger partial charge in [0, 0.05) is 18.7 Å². The number of hydrogen-bond donors (Lipinski definition) is 2. The van der Waals surface area contributed by atoms with E-state index in [1.165, 1.54) is 11.1 Å². The second-order valence-electron chi connectivity index (χ2n) is 4.38. The first-order valence-corrected chi connectivity index (χ1v) is 6.88. The highest BCUT2D eigenvalue weighted by atomic mass is 16.5. The zero-order chi connectivity index (χ0) is 14.8. The summed E-state index contributed by atoms with van der Waals surface area (Å²) in [5.74, 6) is 0.900. The summed E-state index contributed by atoms with van der Waals surface area (Å²) >= 11 is 0. The van der Waals surface area contributed by atoms with E-state index < -0.39 is 0 Å². The molecular weight excluding hydrogens is 248 g/mol. The van der Waals surface area contributed by atoms with Crippen molar-refractivity contribution < 1.29 is 4.74 Å². The molecule has 0 heterocycles. The van der Waals surface area contributed by atoms with Crippen LogP contribution in [-0.2, 0) is 13.1 Å². The smallest absolute Gasteiger partial charge is 0.123 e. The Labute approximate surface area is 121 Å². The van der Waals surface area contributed by atoms with E-state index in [-0.39, 0.29) is 0 Å². The van der Waals surface area contributed by atoms with Crippen molar-refractivity contribution in [3.8, 4) is 5.75 Å². The topological polar surface area (TPSA) is 61.3 Å². The molecule has 0 saturated carbocycles. The molecule has 2 rings (SSSR count). The van der Waals surface area contributed by atoms with E-state index in [1.54, 1.807) is 0 Å². The van der Waals surface area contributed by atoms with E-state index in [1.807, 2.05) is 43.3 Å². The second kappa shape index (κ2) is 9.13. The monoisotopic (exact) mass is 272 g/mol. The molecule has 0 fully saturated rings. The summed E-state index contributed by atoms with van der Waals surface area (Å²) in [6.45, 7) is 5.91. The lowest BCUT2D eigenvalue weighted by Crippen LogP contribution is -2.01. The first-order chi connectivity index (χ1) is 9.72. The number of rotatable bonds is 4. The van der Waals surface area contributed by atoms with Gasteiger partial charge < -0.3 is 16.2 Å². The van der Waals surface area contributed by atoms with E-state index in [0.29, 0.717) is 19.7 Å². The van der Waals surface area contributed by atoms with E-state index in [9.17, 15) is 0 Å². The quantitative estimate of drug-likeness (QED) is 0.899. The fourth-order valence-corrected chi connectivity index (χ4v) is 1.81. The normalized spacial score (nSPS) is 9.60. The SMILES string of the molecule is CCOc1ccccc1CN.Cc1ccccc1CN. The Kier molecular flexibility index (Phi) is 7.40. The first kappa shape index (κ1) is 16.2. The highest BCUT2D eigenvalue weighted by molar-refractivity contribution is 5.32. The highest BCUT2D eigenvalue weighted by Crippen LogP contribution is 2.16. The number of para-hydroxylation sites is 1. The van der Waals surface area contributed by atoms with Gasteiger partial charge in [0.2, 0.25) is 0 Å². The lowest BCUT2D eigenvalue weighted by atomic mass is 10.1. The van der Waals surface area contributed by atoms with E-state index in [0.717, 1.165) is 11.3 Å². The van der Waals surface area contributed by atoms with Crippen molar-refractivity contribution in [3.05, 3.63) is 65.2 Å². The van der Waals surface area contributed by atoms with Crippen molar-refractivity contribution in [2.45, 2.75) is 26.9 Å². The lowest BCUT2D eigenvalue weighted by Gasteiger charge is -2.06. The molecule has 0 aliphatic heterocycles. The standard InChI is InChI=1S/C9H13NO.C8H11N/c1-2-11-9-6-4-3-5-8(9)7-10;1-7-4-2-3-5-8(7)6-9/h3-6H,2,7,10H2,1H3;2-5H,6,9H2,1H3. The molecule has 4 N–H and O–H groups in total. The van der Waals surface area contributed by atoms with Gasteiger partial charge >= 0.3 is 0 Å². The zero-order valence-corrected chi connectivity index (χ0v) is 12.3. The predicted octanol–water partition coefficient (Wildman–Crippen LogP) is 3.00. The van der Waals surface area contributed by atoms with Gasteiger partial charge in [0.15, 0.2) is 0 Å². The minimum absolute atomic E-state index is 0.538. The van der Waals surface area contributed by atoms with Gasteiger partial charge in [-0.05, 0) is 31.0 Å². The van der Waals surface area contributed by atoms with Crippen molar-refractivity contribution in [2.24, 2.45) is 11.5 Å². The summed E-state index contributed by atoms with van der Waals surface area (Å²) in [6.07, 6.45) is 0. The molecule has 0 aliphatic rings. The van der Waals surface area contributed by atoms with Gasteiger partial charge in [-0.3, -0.25) is 0 Å². The molecule has 0 aromatic heterocycles. The van der Waals surface area contributed by atoms with Crippen LogP contribution in [0.2, 0.25) is 0 Å². The molecule has 3 nitrogen and oxygen atoms in total. The molecule has 0 spiro atoms. The van der Waals surface area contributed by atoms with Crippen LogP contribution in [-0.4, -0.2) is 6.61 Å². The van der Waals surface area contributed by atoms with Crippen molar-refractivity contribution >= 4 is 0 Å². The second-order valence-corrected chi connectivity index (χ2v) is 4.38. The number of ether oxygens (including phenoxy) is 1. The average molecular weight is 272 g/mol. The van der Waals surface area contributed by atoms with Crippen molar-refractivity contribution in [1.29, 1.82) is 0 Å². The summed E-state index contributed by atoms with van der Waals surface area (Å²) in [5.41, 5.74) is 14.5. The van der Waals surface area contributed by atoms with Gasteiger partial charge in [0.25, 0.3) is 0 Å². The maximum atomic E-state index is 5.50. The Balaban J connectivity index is 0.000000204. The molecule has 108 valence electrons. The fourth-order valence-electron chi connectivity index (χ4n) is 1.81. The Hall–Kier alpha value is -1.84. The van der Waals surface area contributed by atoms with E-state index in [4.69, 9.17) is 16.2 Å². The Bertz CT molecular complexity index is 512. The van der Waals surface area contributed by atoms with Crippen LogP contribution in [0.4, 0.5) is 0 Å². The van der Waals surface area contributed by atoms with E-state index in [2.05, 4.69) is 19.1 Å². The third-order valence-electron chi connectivity index (χ3n) is 2.97. The van der Waals surface area contributed by atoms with Crippen LogP contribution in [0, 0.1) is 6.92 Å². The number of hydrogen-bond acceptors (Lipinski definition) is 3. The van der Waals surface area contributed by atoms with E-state index >= 15 is 0 Å². The summed E-state index contributed by atoms with van der Waals surface area (Å²) < 4.78 is 5.35. The molecule has 0 atom stereocenters. The summed E-state index contributed by atoms with van der Waals surface area (Å²) in [7, 11) is 0. The fraction of sp³-hybridized carbons (Fsp3) is 0.294. The Morgan fingerprint density at radius 1 is 0.850 bits per heavy atom. The average Bonchev–Trinajstić information content (AvgIpc) is 2.49. The molecule has 20 heavy (non-hydrogen) atoms. The van der Waals surface area contributed by atoms with Crippen LogP contribution in [0.15, 0.2) is 48.5 Å². The predicted molar refractivity (Wildman–Crippen MR) is 84.6 cm³/mol. The van der Waals surface area contributed by atoms with Crippen LogP contribution in [0.5, 0.6) is 5.75 Å². The number of aryl methyl sites for hydroxylation is 1. The molecule has 0 radical (unpaired) electrons. The van der Waals surface area contributed by atoms with Crippen LogP contribution < -0.4 is 16.2 Å². The molecule has 0 saturated heterocycles. The molecule has 3 heteroatoms. The molecular formula is C17H24N2O. The number of benzene rings is 2. The van der Waals surface area contributed by atoms with Crippen LogP contribution in [0.1, 0.15) is 23.6 Å². The lowest BCUT2D eigenvalue weighted by molar-refractivity contribution is 0.336. The maximum Gasteiger partial charge on any atom is 0.123 e. The summed E-state index contributed by atoms with van der Waals surface area (Å²) in [5, 5.41) is 0. The first-order valence-electron chi connectivity index (χ1n) is 6.88. The Morgan fingerprint density at radius 2 is 1.40 bits per heavy atom. The largest absolute Gasteiger partial charge is 0.494 e. The third kappa shape index (κ3) is 5.03. The Morgan fingerprint density at radius 3 is 1.90 bits per heavy atom. The molecule has 0 aliphatic carbocycles. The van der Waals surface area contributed by atoms with Gasteiger partial charge in [-0.2, -0.15) is 0 Å². The zero-order valence-electron chi connectivity index (χ0n) is 12.3. The molecule has 0 unspecified atom stereocenters. The number of nitrogens with two attached hydrogens (primary N) is 2. The molecule has 0 bridgehead atoms. The van der Waals surface area contributed by atoms with Crippen LogP contribution in [0.3, 0.4) is 0 Å². The van der Waals surface area contributed by atoms with Gasteiger partial charge in [0.05, 0.1) is 6.61 Å². The molecule has 0 amide bonds. The highest BCUT2D eigenvalue weighted by Gasteiger charge is 1.97. The van der Waals surface area contributed by atoms with Crippen molar-refractivity contribution in [2.75, 3.05) is 6.61 Å². The van der Waals surface area contributed by atoms with Crippen molar-refractivity contribution in [3.63, 3.8) is 0 Å². The van der Waals surface area contributed by atoms with Gasteiger partial charge in [-0.25, -0.2) is 0 Å². The van der Waals surface area contributed by atoms with Crippen molar-refractivity contribution in [1.82, 2.24) is 0 Å². The van der Waals surface area contributed by atoms with Crippen LogP contribution >= 0.6 is 0 Å². The van der Waals surface area contributed by atoms with Gasteiger partial charge in [0.1, 0.15) is 5.75 Å². The minimum Gasteiger partial charge on any atom is -0.494 e.